The van der Waals surface area contributed by atoms with E-state index in [9.17, 15) is 10.2 Å². The van der Waals surface area contributed by atoms with Crippen LogP contribution in [0.1, 0.15) is 51.7 Å². The Balaban J connectivity index is 1.81. The molecule has 0 amide bonds. The molecule has 0 bridgehead atoms. The van der Waals surface area contributed by atoms with Gasteiger partial charge in [0.2, 0.25) is 0 Å². The van der Waals surface area contributed by atoms with Crippen LogP contribution in [0, 0.1) is 0 Å². The minimum absolute atomic E-state index is 0.0421. The van der Waals surface area contributed by atoms with Crippen molar-refractivity contribution < 1.29 is 19.7 Å². The summed E-state index contributed by atoms with van der Waals surface area (Å²) in [4.78, 5) is 0. The molecule has 0 radical (unpaired) electrons. The number of rotatable bonds is 9. The van der Waals surface area contributed by atoms with Gasteiger partial charge in [-0.1, -0.05) is 12.1 Å². The summed E-state index contributed by atoms with van der Waals surface area (Å²) in [6.45, 7) is 7.75. The molecule has 0 spiro atoms. The van der Waals surface area contributed by atoms with E-state index in [0.717, 1.165) is 36.8 Å². The summed E-state index contributed by atoms with van der Waals surface area (Å²) in [7, 11) is 0. The number of phenols is 2. The van der Waals surface area contributed by atoms with Crippen LogP contribution in [0.15, 0.2) is 36.4 Å². The summed E-state index contributed by atoms with van der Waals surface area (Å²) in [5.41, 5.74) is 2.20. The van der Waals surface area contributed by atoms with Crippen molar-refractivity contribution in [1.29, 1.82) is 0 Å². The lowest BCUT2D eigenvalue weighted by Gasteiger charge is -2.13. The molecule has 0 aliphatic heterocycles. The van der Waals surface area contributed by atoms with Gasteiger partial charge in [0.15, 0.2) is 23.0 Å². The average Bonchev–Trinajstić information content (AvgIpc) is 2.55. The molecule has 2 aromatic rings. The first-order valence-corrected chi connectivity index (χ1v) is 9.32. The number of benzene rings is 2. The second kappa shape index (κ2) is 9.37. The Hall–Kier alpha value is -2.36. The van der Waals surface area contributed by atoms with Gasteiger partial charge in [-0.2, -0.15) is 0 Å². The van der Waals surface area contributed by atoms with Crippen LogP contribution in [0.3, 0.4) is 0 Å². The van der Waals surface area contributed by atoms with Crippen molar-refractivity contribution in [2.45, 2.75) is 65.6 Å². The maximum atomic E-state index is 10.0. The summed E-state index contributed by atoms with van der Waals surface area (Å²) in [6, 6.07) is 11.2. The highest BCUT2D eigenvalue weighted by molar-refractivity contribution is 5.42. The number of ether oxygens (including phenoxy) is 2. The fraction of sp³-hybridized carbons (Fsp3) is 0.455. The zero-order valence-corrected chi connectivity index (χ0v) is 16.2. The number of aromatic hydroxyl groups is 2. The van der Waals surface area contributed by atoms with Crippen LogP contribution >= 0.6 is 0 Å². The van der Waals surface area contributed by atoms with Crippen LogP contribution in [0.5, 0.6) is 23.0 Å². The molecule has 2 rings (SSSR count). The lowest BCUT2D eigenvalue weighted by Crippen LogP contribution is -2.05. The van der Waals surface area contributed by atoms with Gasteiger partial charge in [0.05, 0.1) is 12.2 Å². The predicted molar refractivity (Wildman–Crippen MR) is 104 cm³/mol. The Labute approximate surface area is 156 Å². The highest BCUT2D eigenvalue weighted by Crippen LogP contribution is 2.29. The summed E-state index contributed by atoms with van der Waals surface area (Å²) in [5, 5.41) is 20.1. The Morgan fingerprint density at radius 3 is 1.38 bits per heavy atom. The molecule has 0 saturated heterocycles. The molecule has 0 aliphatic carbocycles. The third kappa shape index (κ3) is 6.17. The quantitative estimate of drug-likeness (QED) is 0.602. The second-order valence-corrected chi connectivity index (χ2v) is 7.14. The fourth-order valence-electron chi connectivity index (χ4n) is 2.80. The van der Waals surface area contributed by atoms with Crippen LogP contribution in [0.2, 0.25) is 0 Å². The molecule has 0 aliphatic rings. The van der Waals surface area contributed by atoms with Gasteiger partial charge in [-0.15, -0.1) is 0 Å². The van der Waals surface area contributed by atoms with Gasteiger partial charge < -0.3 is 19.7 Å². The topological polar surface area (TPSA) is 58.9 Å². The van der Waals surface area contributed by atoms with E-state index in [1.165, 1.54) is 0 Å². The van der Waals surface area contributed by atoms with Crippen molar-refractivity contribution in [3.63, 3.8) is 0 Å². The maximum Gasteiger partial charge on any atom is 0.161 e. The van der Waals surface area contributed by atoms with E-state index in [-0.39, 0.29) is 23.7 Å². The first-order chi connectivity index (χ1) is 12.3. The van der Waals surface area contributed by atoms with Crippen molar-refractivity contribution in [2.75, 3.05) is 0 Å². The SMILES string of the molecule is CC(C)Oc1ccc(CCCCc2ccc(OC(C)C)c(O)c2)cc1O. The van der Waals surface area contributed by atoms with Crippen LogP contribution in [-0.4, -0.2) is 22.4 Å². The molecule has 142 valence electrons. The molecule has 0 fully saturated rings. The molecular weight excluding hydrogens is 328 g/mol. The van der Waals surface area contributed by atoms with Gasteiger partial charge in [-0.3, -0.25) is 0 Å². The zero-order chi connectivity index (χ0) is 19.1. The van der Waals surface area contributed by atoms with E-state index < -0.39 is 0 Å². The number of phenolic OH excluding ortho intramolecular Hbond substituents is 2. The third-order valence-electron chi connectivity index (χ3n) is 3.95. The lowest BCUT2D eigenvalue weighted by molar-refractivity contribution is 0.231. The average molecular weight is 358 g/mol. The van der Waals surface area contributed by atoms with Crippen LogP contribution in [0.25, 0.3) is 0 Å². The molecule has 4 heteroatoms. The largest absolute Gasteiger partial charge is 0.504 e. The molecular formula is C22H30O4. The second-order valence-electron chi connectivity index (χ2n) is 7.14. The number of hydrogen-bond donors (Lipinski definition) is 2. The minimum Gasteiger partial charge on any atom is -0.504 e. The van der Waals surface area contributed by atoms with Gasteiger partial charge >= 0.3 is 0 Å². The van der Waals surface area contributed by atoms with E-state index in [4.69, 9.17) is 9.47 Å². The van der Waals surface area contributed by atoms with Gasteiger partial charge in [0.25, 0.3) is 0 Å². The fourth-order valence-corrected chi connectivity index (χ4v) is 2.80. The van der Waals surface area contributed by atoms with Crippen LogP contribution in [-0.2, 0) is 12.8 Å². The number of aryl methyl sites for hydroxylation is 2. The molecule has 0 saturated carbocycles. The smallest absolute Gasteiger partial charge is 0.161 e. The van der Waals surface area contributed by atoms with Crippen molar-refractivity contribution in [3.05, 3.63) is 47.5 Å². The van der Waals surface area contributed by atoms with E-state index >= 15 is 0 Å². The third-order valence-corrected chi connectivity index (χ3v) is 3.95. The van der Waals surface area contributed by atoms with Gasteiger partial charge in [0.1, 0.15) is 0 Å². The molecule has 0 heterocycles. The highest BCUT2D eigenvalue weighted by Gasteiger charge is 2.07. The summed E-state index contributed by atoms with van der Waals surface area (Å²) in [5.74, 6) is 1.45. The summed E-state index contributed by atoms with van der Waals surface area (Å²) < 4.78 is 11.1. The molecule has 0 unspecified atom stereocenters. The van der Waals surface area contributed by atoms with Crippen molar-refractivity contribution in [2.24, 2.45) is 0 Å². The number of hydrogen-bond acceptors (Lipinski definition) is 4. The molecule has 0 aromatic heterocycles. The minimum atomic E-state index is 0.0421. The Kier molecular flexibility index (Phi) is 7.19. The normalized spacial score (nSPS) is 11.2. The molecule has 2 aromatic carbocycles. The lowest BCUT2D eigenvalue weighted by atomic mass is 10.0. The van der Waals surface area contributed by atoms with Crippen molar-refractivity contribution >= 4 is 0 Å². The monoisotopic (exact) mass is 358 g/mol. The standard InChI is InChI=1S/C22H30O4/c1-15(2)25-21-11-9-17(13-19(21)23)7-5-6-8-18-10-12-22(20(24)14-18)26-16(3)4/h9-16,23-24H,5-8H2,1-4H3. The van der Waals surface area contributed by atoms with Gasteiger partial charge in [0, 0.05) is 0 Å². The maximum absolute atomic E-state index is 10.0. The van der Waals surface area contributed by atoms with E-state index in [1.807, 2.05) is 52.0 Å². The van der Waals surface area contributed by atoms with Crippen LogP contribution in [0.4, 0.5) is 0 Å². The first kappa shape index (κ1) is 20.0. The molecule has 4 nitrogen and oxygen atoms in total. The summed E-state index contributed by atoms with van der Waals surface area (Å²) in [6.07, 6.45) is 3.90. The predicted octanol–water partition coefficient (Wildman–Crippen LogP) is 5.24. The van der Waals surface area contributed by atoms with E-state index in [1.54, 1.807) is 12.1 Å². The number of unbranched alkanes of at least 4 members (excludes halogenated alkanes) is 1. The van der Waals surface area contributed by atoms with Gasteiger partial charge in [-0.25, -0.2) is 0 Å². The van der Waals surface area contributed by atoms with Crippen molar-refractivity contribution in [1.82, 2.24) is 0 Å². The Bertz CT molecular complexity index is 646. The van der Waals surface area contributed by atoms with E-state index in [0.29, 0.717) is 11.5 Å². The summed E-state index contributed by atoms with van der Waals surface area (Å²) >= 11 is 0. The molecule has 2 N–H and O–H groups in total. The van der Waals surface area contributed by atoms with E-state index in [2.05, 4.69) is 0 Å². The Morgan fingerprint density at radius 1 is 0.692 bits per heavy atom. The van der Waals surface area contributed by atoms with Crippen LogP contribution < -0.4 is 9.47 Å². The van der Waals surface area contributed by atoms with Gasteiger partial charge in [-0.05, 0) is 88.8 Å². The Morgan fingerprint density at radius 2 is 1.08 bits per heavy atom. The highest BCUT2D eigenvalue weighted by atomic mass is 16.5. The zero-order valence-electron chi connectivity index (χ0n) is 16.2. The first-order valence-electron chi connectivity index (χ1n) is 9.32. The molecule has 0 atom stereocenters. The molecule has 26 heavy (non-hydrogen) atoms. The van der Waals surface area contributed by atoms with Crippen molar-refractivity contribution in [3.8, 4) is 23.0 Å².